The molecule has 1 saturated heterocycles. The first-order valence-corrected chi connectivity index (χ1v) is 9.21. The number of rotatable bonds is 6. The number of hydrogen-bond acceptors (Lipinski definition) is 4. The molecule has 3 aliphatic rings. The van der Waals surface area contributed by atoms with Crippen LogP contribution in [0.5, 0.6) is 0 Å². The number of sulfonamides is 1. The fourth-order valence-corrected chi connectivity index (χ4v) is 4.94. The van der Waals surface area contributed by atoms with Gasteiger partial charge >= 0.3 is 0 Å². The van der Waals surface area contributed by atoms with Gasteiger partial charge in [0.05, 0.1) is 19.0 Å². The molecule has 1 heterocycles. The van der Waals surface area contributed by atoms with Crippen LogP contribution in [0.2, 0.25) is 0 Å². The Morgan fingerprint density at radius 1 is 1.20 bits per heavy atom. The highest BCUT2D eigenvalue weighted by atomic mass is 32.2. The molecule has 3 rings (SSSR count). The van der Waals surface area contributed by atoms with Crippen molar-refractivity contribution in [2.45, 2.75) is 12.8 Å². The summed E-state index contributed by atoms with van der Waals surface area (Å²) >= 11 is 0. The summed E-state index contributed by atoms with van der Waals surface area (Å²) in [7, 11) is -3.11. The maximum absolute atomic E-state index is 12.1. The molecule has 1 aliphatic heterocycles. The normalized spacial score (nSPS) is 33.9. The van der Waals surface area contributed by atoms with Crippen molar-refractivity contribution in [3.8, 4) is 0 Å². The lowest BCUT2D eigenvalue weighted by molar-refractivity contribution is 0.0730. The van der Waals surface area contributed by atoms with E-state index in [2.05, 4.69) is 17.5 Å². The Bertz CT molecular complexity index is 457. The number of hydrogen-bond donors (Lipinski definition) is 1. The van der Waals surface area contributed by atoms with E-state index >= 15 is 0 Å². The molecule has 5 nitrogen and oxygen atoms in total. The van der Waals surface area contributed by atoms with E-state index in [9.17, 15) is 8.42 Å². The molecule has 0 aromatic rings. The van der Waals surface area contributed by atoms with Crippen LogP contribution >= 0.6 is 0 Å². The minimum Gasteiger partial charge on any atom is -0.379 e. The number of allylic oxidation sites excluding steroid dienone is 2. The van der Waals surface area contributed by atoms with Crippen LogP contribution in [0.4, 0.5) is 0 Å². The number of morpholine rings is 1. The smallest absolute Gasteiger partial charge is 0.215 e. The molecule has 1 N–H and O–H groups in total. The van der Waals surface area contributed by atoms with Crippen LogP contribution in [0.25, 0.3) is 0 Å². The second kappa shape index (κ2) is 6.13. The summed E-state index contributed by atoms with van der Waals surface area (Å²) in [5.41, 5.74) is 0. The van der Waals surface area contributed by atoms with Crippen molar-refractivity contribution in [2.24, 2.45) is 17.8 Å². The topological polar surface area (TPSA) is 58.6 Å². The third-order valence-electron chi connectivity index (χ3n) is 4.72. The Kier molecular flexibility index (Phi) is 4.45. The van der Waals surface area contributed by atoms with Gasteiger partial charge in [-0.2, -0.15) is 4.31 Å². The molecule has 3 atom stereocenters. The molecular weight excluding hydrogens is 276 g/mol. The number of nitrogens with zero attached hydrogens (tertiary/aromatic N) is 1. The van der Waals surface area contributed by atoms with E-state index in [4.69, 9.17) is 4.74 Å². The van der Waals surface area contributed by atoms with Gasteiger partial charge in [-0.25, -0.2) is 8.42 Å². The highest BCUT2D eigenvalue weighted by Gasteiger charge is 2.35. The van der Waals surface area contributed by atoms with Crippen molar-refractivity contribution in [3.05, 3.63) is 12.2 Å². The minimum absolute atomic E-state index is 0.198. The fraction of sp³-hybridized carbons (Fsp3) is 0.857. The van der Waals surface area contributed by atoms with Gasteiger partial charge in [-0.15, -0.1) is 0 Å². The highest BCUT2D eigenvalue weighted by molar-refractivity contribution is 7.89. The van der Waals surface area contributed by atoms with Crippen molar-refractivity contribution in [1.82, 2.24) is 9.62 Å². The number of fused-ring (bicyclic) bond motifs is 2. The molecule has 20 heavy (non-hydrogen) atoms. The first-order chi connectivity index (χ1) is 9.65. The Morgan fingerprint density at radius 2 is 2.00 bits per heavy atom. The van der Waals surface area contributed by atoms with E-state index in [0.29, 0.717) is 38.8 Å². The lowest BCUT2D eigenvalue weighted by Crippen LogP contribution is -2.43. The molecule has 0 aromatic carbocycles. The van der Waals surface area contributed by atoms with E-state index < -0.39 is 10.0 Å². The summed E-state index contributed by atoms with van der Waals surface area (Å²) in [6.07, 6.45) is 7.25. The van der Waals surface area contributed by atoms with Crippen LogP contribution in [0.15, 0.2) is 12.2 Å². The van der Waals surface area contributed by atoms with Crippen LogP contribution in [0.3, 0.4) is 0 Å². The first kappa shape index (κ1) is 14.5. The van der Waals surface area contributed by atoms with Gasteiger partial charge in [0, 0.05) is 19.6 Å². The Balaban J connectivity index is 1.38. The minimum atomic E-state index is -3.11. The summed E-state index contributed by atoms with van der Waals surface area (Å²) < 4.78 is 31.0. The van der Waals surface area contributed by atoms with Gasteiger partial charge in [0.15, 0.2) is 0 Å². The monoisotopic (exact) mass is 300 g/mol. The lowest BCUT2D eigenvalue weighted by atomic mass is 9.94. The maximum Gasteiger partial charge on any atom is 0.215 e. The van der Waals surface area contributed by atoms with Crippen molar-refractivity contribution >= 4 is 10.0 Å². The fourth-order valence-electron chi connectivity index (χ4n) is 3.57. The van der Waals surface area contributed by atoms with Gasteiger partial charge < -0.3 is 10.1 Å². The molecule has 0 amide bonds. The van der Waals surface area contributed by atoms with Crippen molar-refractivity contribution in [1.29, 1.82) is 0 Å². The van der Waals surface area contributed by atoms with Crippen LogP contribution < -0.4 is 5.32 Å². The zero-order chi connectivity index (χ0) is 14.0. The Labute approximate surface area is 121 Å². The Hall–Kier alpha value is -0.430. The van der Waals surface area contributed by atoms with Gasteiger partial charge in [0.1, 0.15) is 0 Å². The molecule has 6 heteroatoms. The predicted octanol–water partition coefficient (Wildman–Crippen LogP) is 0.450. The second-order valence-corrected chi connectivity index (χ2v) is 8.16. The molecule has 0 unspecified atom stereocenters. The van der Waals surface area contributed by atoms with Crippen LogP contribution in [0, 0.1) is 17.8 Å². The van der Waals surface area contributed by atoms with Crippen LogP contribution in [0.1, 0.15) is 12.8 Å². The molecule has 0 spiro atoms. The largest absolute Gasteiger partial charge is 0.379 e. The third kappa shape index (κ3) is 3.24. The van der Waals surface area contributed by atoms with Gasteiger partial charge in [0.25, 0.3) is 0 Å². The third-order valence-corrected chi connectivity index (χ3v) is 6.60. The summed E-state index contributed by atoms with van der Waals surface area (Å²) in [5, 5.41) is 3.34. The van der Waals surface area contributed by atoms with Gasteiger partial charge in [0.2, 0.25) is 10.0 Å². The van der Waals surface area contributed by atoms with Crippen LogP contribution in [-0.2, 0) is 14.8 Å². The van der Waals surface area contributed by atoms with E-state index in [1.807, 2.05) is 0 Å². The van der Waals surface area contributed by atoms with E-state index in [-0.39, 0.29) is 5.75 Å². The Morgan fingerprint density at radius 3 is 2.65 bits per heavy atom. The molecule has 2 aliphatic carbocycles. The molecular formula is C14H24N2O3S. The van der Waals surface area contributed by atoms with Crippen molar-refractivity contribution < 1.29 is 13.2 Å². The molecule has 0 aromatic heterocycles. The average molecular weight is 300 g/mol. The zero-order valence-corrected chi connectivity index (χ0v) is 12.6. The molecule has 114 valence electrons. The van der Waals surface area contributed by atoms with Gasteiger partial charge in [-0.1, -0.05) is 12.2 Å². The SMILES string of the molecule is O=S(=O)(CCNC[C@@H]1C[C@H]2C=C[C@H]1C2)N1CCOCC1. The molecule has 2 fully saturated rings. The molecule has 0 radical (unpaired) electrons. The first-order valence-electron chi connectivity index (χ1n) is 7.60. The maximum atomic E-state index is 12.1. The number of nitrogens with one attached hydrogen (secondary N) is 1. The zero-order valence-electron chi connectivity index (χ0n) is 11.8. The van der Waals surface area contributed by atoms with Crippen molar-refractivity contribution in [3.63, 3.8) is 0 Å². The summed E-state index contributed by atoms with van der Waals surface area (Å²) in [5.74, 6) is 2.41. The standard InChI is InChI=1S/C14H24N2O3S/c17-20(18,16-4-6-19-7-5-16)8-3-15-11-14-10-12-1-2-13(14)9-12/h1-2,12-15H,3-11H2/t12-,13-,14-/m0/s1. The van der Waals surface area contributed by atoms with Gasteiger partial charge in [-0.05, 0) is 37.1 Å². The second-order valence-electron chi connectivity index (χ2n) is 6.07. The van der Waals surface area contributed by atoms with Crippen molar-refractivity contribution in [2.75, 3.05) is 45.1 Å². The summed E-state index contributed by atoms with van der Waals surface area (Å²) in [4.78, 5) is 0. The summed E-state index contributed by atoms with van der Waals surface area (Å²) in [6, 6.07) is 0. The quantitative estimate of drug-likeness (QED) is 0.571. The van der Waals surface area contributed by atoms with E-state index in [0.717, 1.165) is 18.4 Å². The van der Waals surface area contributed by atoms with Crippen LogP contribution in [-0.4, -0.2) is 57.9 Å². The number of ether oxygens (including phenoxy) is 1. The molecule has 2 bridgehead atoms. The van der Waals surface area contributed by atoms with E-state index in [1.54, 1.807) is 4.31 Å². The van der Waals surface area contributed by atoms with E-state index in [1.165, 1.54) is 12.8 Å². The highest BCUT2D eigenvalue weighted by Crippen LogP contribution is 2.42. The summed E-state index contributed by atoms with van der Waals surface area (Å²) in [6.45, 7) is 3.54. The predicted molar refractivity (Wildman–Crippen MR) is 77.9 cm³/mol. The van der Waals surface area contributed by atoms with Gasteiger partial charge in [-0.3, -0.25) is 0 Å². The molecule has 1 saturated carbocycles. The lowest BCUT2D eigenvalue weighted by Gasteiger charge is -2.26. The average Bonchev–Trinajstić information content (AvgIpc) is 3.07.